The van der Waals surface area contributed by atoms with E-state index in [1.807, 2.05) is 48.7 Å². The maximum absolute atomic E-state index is 12.7. The van der Waals surface area contributed by atoms with Gasteiger partial charge in [0.1, 0.15) is 0 Å². The van der Waals surface area contributed by atoms with Crippen LogP contribution in [0.2, 0.25) is 0 Å². The molecule has 3 aromatic rings. The Balaban J connectivity index is 1.55. The first-order valence-electron chi connectivity index (χ1n) is 11.4. The molecule has 0 bridgehead atoms. The van der Waals surface area contributed by atoms with Gasteiger partial charge in [0.25, 0.3) is 5.91 Å². The van der Waals surface area contributed by atoms with Crippen LogP contribution in [0.25, 0.3) is 16.7 Å². The molecule has 3 N–H and O–H groups in total. The summed E-state index contributed by atoms with van der Waals surface area (Å²) in [7, 11) is 0. The number of nitrogens with one attached hydrogen (secondary N) is 2. The van der Waals surface area contributed by atoms with Crippen LogP contribution >= 0.6 is 11.3 Å². The smallest absolute Gasteiger partial charge is 0.259 e. The zero-order valence-corrected chi connectivity index (χ0v) is 20.0. The summed E-state index contributed by atoms with van der Waals surface area (Å²) in [5.74, 6) is -0.464. The average molecular weight is 476 g/mol. The largest absolute Gasteiger partial charge is 0.395 e. The number of carbonyl (C=O) groups is 2. The molecule has 34 heavy (non-hydrogen) atoms. The van der Waals surface area contributed by atoms with E-state index < -0.39 is 5.91 Å². The number of likely N-dealkylation sites (tertiary alicyclic amines) is 1. The first-order chi connectivity index (χ1) is 16.6. The number of imide groups is 1. The summed E-state index contributed by atoms with van der Waals surface area (Å²) in [4.78, 5) is 26.1. The van der Waals surface area contributed by atoms with Crippen LogP contribution in [0, 0.1) is 6.92 Å². The van der Waals surface area contributed by atoms with Gasteiger partial charge in [-0.3, -0.25) is 19.8 Å². The van der Waals surface area contributed by atoms with Crippen molar-refractivity contribution in [1.29, 1.82) is 0 Å². The molecule has 1 aliphatic heterocycles. The fraction of sp³-hybridized carbons (Fsp3) is 0.259. The van der Waals surface area contributed by atoms with E-state index in [0.717, 1.165) is 53.9 Å². The number of hydrogen-bond acceptors (Lipinski definition) is 6. The topological polar surface area (TPSA) is 81.7 Å². The van der Waals surface area contributed by atoms with Gasteiger partial charge in [-0.05, 0) is 89.2 Å². The lowest BCUT2D eigenvalue weighted by molar-refractivity contribution is -0.121. The number of aliphatic hydroxyl groups excluding tert-OH is 1. The lowest BCUT2D eigenvalue weighted by Gasteiger charge is -2.22. The highest BCUT2D eigenvalue weighted by Crippen LogP contribution is 2.28. The third-order valence-corrected chi connectivity index (χ3v) is 6.93. The van der Waals surface area contributed by atoms with Crippen molar-refractivity contribution in [2.75, 3.05) is 18.5 Å². The standard InChI is InChI=1S/C27H29N3O3S/c1-19-4-7-21(22-10-12-34-17-22)13-25(19)26(27(33)29-18-32)14-28-23-8-5-20(6-9-23)15-30-11-2-3-24(30)16-31/h4-10,12-14,17-18,24,28,31H,2-3,11,15-16H2,1H3,(H,29,32,33)/b26-14-/t24-/m1/s1. The molecule has 1 atom stereocenters. The molecule has 1 saturated heterocycles. The van der Waals surface area contributed by atoms with Gasteiger partial charge < -0.3 is 10.4 Å². The summed E-state index contributed by atoms with van der Waals surface area (Å²) in [6, 6.07) is 16.3. The second kappa shape index (κ2) is 11.2. The highest BCUT2D eigenvalue weighted by atomic mass is 32.1. The molecule has 1 aliphatic rings. The third kappa shape index (κ3) is 5.62. The fourth-order valence-electron chi connectivity index (χ4n) is 4.32. The summed E-state index contributed by atoms with van der Waals surface area (Å²) < 4.78 is 0. The van der Waals surface area contributed by atoms with Gasteiger partial charge in [0.2, 0.25) is 6.41 Å². The number of anilines is 1. The third-order valence-electron chi connectivity index (χ3n) is 6.25. The monoisotopic (exact) mass is 475 g/mol. The number of benzene rings is 2. The highest BCUT2D eigenvalue weighted by molar-refractivity contribution is 7.08. The molecule has 2 heterocycles. The molecular formula is C27H29N3O3S. The zero-order valence-electron chi connectivity index (χ0n) is 19.2. The number of aliphatic hydroxyl groups is 1. The molecule has 0 unspecified atom stereocenters. The van der Waals surface area contributed by atoms with Gasteiger partial charge in [0.15, 0.2) is 0 Å². The minimum absolute atomic E-state index is 0.198. The molecule has 0 spiro atoms. The van der Waals surface area contributed by atoms with Crippen LogP contribution in [0.5, 0.6) is 0 Å². The van der Waals surface area contributed by atoms with E-state index in [2.05, 4.69) is 33.0 Å². The number of nitrogens with zero attached hydrogens (tertiary/aromatic N) is 1. The van der Waals surface area contributed by atoms with Crippen molar-refractivity contribution in [1.82, 2.24) is 10.2 Å². The molecule has 6 nitrogen and oxygen atoms in total. The molecule has 0 aliphatic carbocycles. The Hall–Kier alpha value is -3.26. The Labute approximate surface area is 203 Å². The van der Waals surface area contributed by atoms with Gasteiger partial charge in [0.05, 0.1) is 12.2 Å². The average Bonchev–Trinajstić information content (AvgIpc) is 3.54. The van der Waals surface area contributed by atoms with Crippen LogP contribution in [0.15, 0.2) is 65.5 Å². The Bertz CT molecular complexity index is 1160. The molecule has 2 amide bonds. The van der Waals surface area contributed by atoms with Gasteiger partial charge in [-0.15, -0.1) is 0 Å². The van der Waals surface area contributed by atoms with Crippen LogP contribution in [-0.2, 0) is 16.1 Å². The number of rotatable bonds is 9. The predicted molar refractivity (Wildman–Crippen MR) is 137 cm³/mol. The van der Waals surface area contributed by atoms with Crippen LogP contribution in [-0.4, -0.2) is 41.5 Å². The molecule has 2 aromatic carbocycles. The van der Waals surface area contributed by atoms with E-state index in [-0.39, 0.29) is 12.6 Å². The van der Waals surface area contributed by atoms with Crippen molar-refractivity contribution in [2.45, 2.75) is 32.4 Å². The maximum Gasteiger partial charge on any atom is 0.259 e. The predicted octanol–water partition coefficient (Wildman–Crippen LogP) is 4.41. The Kier molecular flexibility index (Phi) is 7.90. The molecule has 0 saturated carbocycles. The van der Waals surface area contributed by atoms with E-state index in [4.69, 9.17) is 0 Å². The number of aryl methyl sites for hydroxylation is 1. The van der Waals surface area contributed by atoms with Gasteiger partial charge in [-0.2, -0.15) is 11.3 Å². The fourth-order valence-corrected chi connectivity index (χ4v) is 4.99. The molecule has 1 fully saturated rings. The first kappa shape index (κ1) is 23.9. The summed E-state index contributed by atoms with van der Waals surface area (Å²) >= 11 is 1.62. The van der Waals surface area contributed by atoms with Crippen molar-refractivity contribution in [2.24, 2.45) is 0 Å². The van der Waals surface area contributed by atoms with E-state index >= 15 is 0 Å². The van der Waals surface area contributed by atoms with Crippen molar-refractivity contribution >= 4 is 34.9 Å². The quantitative estimate of drug-likeness (QED) is 0.316. The molecule has 176 valence electrons. The van der Waals surface area contributed by atoms with E-state index in [1.54, 1.807) is 17.5 Å². The van der Waals surface area contributed by atoms with Crippen molar-refractivity contribution in [3.63, 3.8) is 0 Å². The van der Waals surface area contributed by atoms with Crippen molar-refractivity contribution in [3.8, 4) is 11.1 Å². The van der Waals surface area contributed by atoms with E-state index in [0.29, 0.717) is 12.0 Å². The molecule has 1 aromatic heterocycles. The number of thiophene rings is 1. The zero-order chi connectivity index (χ0) is 23.9. The Morgan fingerprint density at radius 2 is 2.00 bits per heavy atom. The van der Waals surface area contributed by atoms with Crippen LogP contribution in [0.4, 0.5) is 5.69 Å². The first-order valence-corrected chi connectivity index (χ1v) is 12.3. The molecule has 4 rings (SSSR count). The van der Waals surface area contributed by atoms with Crippen molar-refractivity contribution in [3.05, 3.63) is 82.2 Å². The van der Waals surface area contributed by atoms with Gasteiger partial charge in [-0.1, -0.05) is 24.3 Å². The maximum atomic E-state index is 12.7. The van der Waals surface area contributed by atoms with Gasteiger partial charge in [0, 0.05) is 24.5 Å². The van der Waals surface area contributed by atoms with Crippen LogP contribution < -0.4 is 10.6 Å². The molecular weight excluding hydrogens is 446 g/mol. The van der Waals surface area contributed by atoms with Crippen LogP contribution in [0.1, 0.15) is 29.5 Å². The second-order valence-corrected chi connectivity index (χ2v) is 9.26. The van der Waals surface area contributed by atoms with E-state index in [9.17, 15) is 14.7 Å². The summed E-state index contributed by atoms with van der Waals surface area (Å²) in [5, 5.41) is 19.1. The van der Waals surface area contributed by atoms with Crippen molar-refractivity contribution < 1.29 is 14.7 Å². The highest BCUT2D eigenvalue weighted by Gasteiger charge is 2.23. The number of amides is 2. The number of hydrogen-bond donors (Lipinski definition) is 3. The normalized spacial score (nSPS) is 16.4. The minimum Gasteiger partial charge on any atom is -0.395 e. The lowest BCUT2D eigenvalue weighted by atomic mass is 9.96. The number of carbonyl (C=O) groups excluding carboxylic acids is 2. The Morgan fingerprint density at radius 1 is 1.18 bits per heavy atom. The van der Waals surface area contributed by atoms with E-state index in [1.165, 1.54) is 5.56 Å². The van der Waals surface area contributed by atoms with Gasteiger partial charge >= 0.3 is 0 Å². The molecule has 0 radical (unpaired) electrons. The second-order valence-electron chi connectivity index (χ2n) is 8.48. The van der Waals surface area contributed by atoms with Crippen LogP contribution in [0.3, 0.4) is 0 Å². The summed E-state index contributed by atoms with van der Waals surface area (Å²) in [5.41, 5.74) is 6.20. The SMILES string of the molecule is Cc1ccc(-c2ccsc2)cc1/C(=C/Nc1ccc(CN2CCC[C@@H]2CO)cc1)C(=O)NC=O. The van der Waals surface area contributed by atoms with Gasteiger partial charge in [-0.25, -0.2) is 0 Å². The minimum atomic E-state index is -0.464. The molecule has 7 heteroatoms. The summed E-state index contributed by atoms with van der Waals surface area (Å²) in [6.07, 6.45) is 4.21. The lowest BCUT2D eigenvalue weighted by Crippen LogP contribution is -2.31. The summed E-state index contributed by atoms with van der Waals surface area (Å²) in [6.45, 7) is 3.96. The Morgan fingerprint density at radius 3 is 2.71 bits per heavy atom.